The quantitative estimate of drug-likeness (QED) is 0.874. The van der Waals surface area contributed by atoms with Gasteiger partial charge in [0.15, 0.2) is 0 Å². The van der Waals surface area contributed by atoms with E-state index in [2.05, 4.69) is 4.98 Å². The first-order chi connectivity index (χ1) is 6.50. The summed E-state index contributed by atoms with van der Waals surface area (Å²) >= 11 is 0. The molecule has 0 saturated carbocycles. The van der Waals surface area contributed by atoms with Gasteiger partial charge in [0.25, 0.3) is 0 Å². The van der Waals surface area contributed by atoms with Crippen molar-refractivity contribution >= 4 is 12.4 Å². The number of hydrogen-bond acceptors (Lipinski definition) is 3. The first-order valence-corrected chi connectivity index (χ1v) is 4.53. The lowest BCUT2D eigenvalue weighted by Gasteiger charge is -2.11. The van der Waals surface area contributed by atoms with Crippen molar-refractivity contribution in [3.8, 4) is 5.88 Å². The minimum Gasteiger partial charge on any atom is -0.443 e. The average molecular weight is 235 g/mol. The Bertz CT molecular complexity index is 318. The van der Waals surface area contributed by atoms with Gasteiger partial charge in [-0.05, 0) is 25.5 Å². The molecule has 15 heavy (non-hydrogen) atoms. The molecular formula is C10H16ClFN2O. The van der Waals surface area contributed by atoms with Crippen molar-refractivity contribution in [1.29, 1.82) is 0 Å². The molecule has 0 fully saturated rings. The molecule has 1 aromatic rings. The van der Waals surface area contributed by atoms with Gasteiger partial charge in [0.05, 0.1) is 0 Å². The third-order valence-electron chi connectivity index (χ3n) is 1.85. The van der Waals surface area contributed by atoms with Crippen LogP contribution in [0.4, 0.5) is 4.39 Å². The zero-order valence-electron chi connectivity index (χ0n) is 9.03. The Morgan fingerprint density at radius 2 is 2.07 bits per heavy atom. The maximum atomic E-state index is 12.5. The molecule has 0 radical (unpaired) electrons. The molecule has 2 atom stereocenters. The van der Waals surface area contributed by atoms with Crippen LogP contribution in [0.1, 0.15) is 31.0 Å². The minimum absolute atomic E-state index is 0. The fourth-order valence-corrected chi connectivity index (χ4v) is 1.11. The van der Waals surface area contributed by atoms with Gasteiger partial charge in [-0.1, -0.05) is 0 Å². The van der Waals surface area contributed by atoms with Crippen LogP contribution in [0.25, 0.3) is 0 Å². The number of halogens is 2. The van der Waals surface area contributed by atoms with Crippen LogP contribution < -0.4 is 10.5 Å². The maximum Gasteiger partial charge on any atom is 0.237 e. The highest BCUT2D eigenvalue weighted by atomic mass is 35.5. The molecule has 3 nitrogen and oxygen atoms in total. The molecule has 0 aromatic carbocycles. The molecule has 1 rings (SSSR count). The molecule has 0 bridgehead atoms. The van der Waals surface area contributed by atoms with E-state index in [0.29, 0.717) is 5.88 Å². The number of alkyl halides is 1. The fraction of sp³-hybridized carbons (Fsp3) is 0.500. The molecule has 2 unspecified atom stereocenters. The van der Waals surface area contributed by atoms with E-state index < -0.39 is 6.36 Å². The Morgan fingerprint density at radius 1 is 1.47 bits per heavy atom. The zero-order valence-corrected chi connectivity index (χ0v) is 9.84. The van der Waals surface area contributed by atoms with Crippen LogP contribution in [0.2, 0.25) is 0 Å². The summed E-state index contributed by atoms with van der Waals surface area (Å²) in [5.41, 5.74) is 7.39. The smallest absolute Gasteiger partial charge is 0.237 e. The van der Waals surface area contributed by atoms with Crippen molar-refractivity contribution in [1.82, 2.24) is 4.98 Å². The van der Waals surface area contributed by atoms with Crippen LogP contribution in [-0.4, -0.2) is 11.3 Å². The molecule has 0 amide bonds. The maximum absolute atomic E-state index is 12.5. The van der Waals surface area contributed by atoms with Crippen molar-refractivity contribution in [2.75, 3.05) is 0 Å². The Labute approximate surface area is 95.2 Å². The molecule has 5 heteroatoms. The summed E-state index contributed by atoms with van der Waals surface area (Å²) in [7, 11) is 0. The van der Waals surface area contributed by atoms with E-state index in [1.165, 1.54) is 6.92 Å². The topological polar surface area (TPSA) is 48.1 Å². The van der Waals surface area contributed by atoms with E-state index in [1.807, 2.05) is 19.9 Å². The third-order valence-corrected chi connectivity index (χ3v) is 1.85. The van der Waals surface area contributed by atoms with E-state index in [4.69, 9.17) is 10.5 Å². The van der Waals surface area contributed by atoms with Gasteiger partial charge in [0, 0.05) is 24.7 Å². The van der Waals surface area contributed by atoms with E-state index >= 15 is 0 Å². The van der Waals surface area contributed by atoms with Gasteiger partial charge in [-0.15, -0.1) is 12.4 Å². The van der Waals surface area contributed by atoms with E-state index in [9.17, 15) is 4.39 Å². The first kappa shape index (κ1) is 14.1. The molecular weight excluding hydrogens is 219 g/mol. The highest BCUT2D eigenvalue weighted by Gasteiger charge is 2.08. The molecule has 0 saturated heterocycles. The van der Waals surface area contributed by atoms with Crippen LogP contribution in [-0.2, 0) is 0 Å². The van der Waals surface area contributed by atoms with Crippen LogP contribution in [0.5, 0.6) is 5.88 Å². The summed E-state index contributed by atoms with van der Waals surface area (Å²) < 4.78 is 17.4. The van der Waals surface area contributed by atoms with E-state index in [0.717, 1.165) is 11.1 Å². The second-order valence-electron chi connectivity index (χ2n) is 3.34. The van der Waals surface area contributed by atoms with Crippen molar-refractivity contribution in [3.05, 3.63) is 23.4 Å². The standard InChI is InChI=1S/C10H15FN2O.ClH/c1-6-4-9(7(2)12)5-13-10(6)14-8(3)11;/h4-5,7-8H,12H2,1-3H3;1H. The monoisotopic (exact) mass is 234 g/mol. The fourth-order valence-electron chi connectivity index (χ4n) is 1.11. The number of hydrogen-bond donors (Lipinski definition) is 1. The predicted octanol–water partition coefficient (Wildman–Crippen LogP) is 2.53. The summed E-state index contributed by atoms with van der Waals surface area (Å²) in [5, 5.41) is 0. The average Bonchev–Trinajstić information content (AvgIpc) is 2.07. The van der Waals surface area contributed by atoms with E-state index in [-0.39, 0.29) is 18.4 Å². The van der Waals surface area contributed by atoms with Gasteiger partial charge in [0.2, 0.25) is 12.2 Å². The lowest BCUT2D eigenvalue weighted by molar-refractivity contribution is 0.0801. The van der Waals surface area contributed by atoms with Gasteiger partial charge in [0.1, 0.15) is 0 Å². The molecule has 0 aliphatic heterocycles. The van der Waals surface area contributed by atoms with Crippen LogP contribution in [0.3, 0.4) is 0 Å². The van der Waals surface area contributed by atoms with Gasteiger partial charge >= 0.3 is 0 Å². The van der Waals surface area contributed by atoms with Crippen molar-refractivity contribution in [2.24, 2.45) is 5.73 Å². The Morgan fingerprint density at radius 3 is 2.47 bits per heavy atom. The number of ether oxygens (including phenoxy) is 1. The number of pyridine rings is 1. The van der Waals surface area contributed by atoms with E-state index in [1.54, 1.807) is 6.20 Å². The molecule has 1 heterocycles. The Kier molecular flexibility index (Phi) is 5.54. The van der Waals surface area contributed by atoms with Gasteiger partial charge in [-0.3, -0.25) is 0 Å². The summed E-state index contributed by atoms with van der Waals surface area (Å²) in [6.07, 6.45) is 0.261. The number of aromatic nitrogens is 1. The van der Waals surface area contributed by atoms with Gasteiger partial charge in [-0.2, -0.15) is 0 Å². The highest BCUT2D eigenvalue weighted by Crippen LogP contribution is 2.19. The molecule has 0 aliphatic carbocycles. The number of nitrogens with zero attached hydrogens (tertiary/aromatic N) is 1. The number of nitrogens with two attached hydrogens (primary N) is 1. The summed E-state index contributed by atoms with van der Waals surface area (Å²) in [6.45, 7) is 5.01. The van der Waals surface area contributed by atoms with Gasteiger partial charge < -0.3 is 10.5 Å². The Balaban J connectivity index is 0.00000196. The van der Waals surface area contributed by atoms with Crippen LogP contribution in [0.15, 0.2) is 12.3 Å². The van der Waals surface area contributed by atoms with Crippen LogP contribution >= 0.6 is 12.4 Å². The second-order valence-corrected chi connectivity index (χ2v) is 3.34. The molecule has 0 aliphatic rings. The lowest BCUT2D eigenvalue weighted by Crippen LogP contribution is -2.09. The summed E-state index contributed by atoms with van der Waals surface area (Å²) in [4.78, 5) is 4.00. The summed E-state index contributed by atoms with van der Waals surface area (Å²) in [5.74, 6) is 0.324. The van der Waals surface area contributed by atoms with Crippen molar-refractivity contribution in [2.45, 2.75) is 33.2 Å². The lowest BCUT2D eigenvalue weighted by atomic mass is 10.1. The number of rotatable bonds is 3. The largest absolute Gasteiger partial charge is 0.443 e. The SMILES string of the molecule is Cc1cc(C(C)N)cnc1OC(C)F.Cl. The molecule has 86 valence electrons. The number of aryl methyl sites for hydroxylation is 1. The normalized spacial score (nSPS) is 13.9. The highest BCUT2D eigenvalue weighted by molar-refractivity contribution is 5.85. The van der Waals surface area contributed by atoms with Crippen molar-refractivity contribution < 1.29 is 9.13 Å². The third kappa shape index (κ3) is 4.01. The molecule has 0 spiro atoms. The van der Waals surface area contributed by atoms with Crippen LogP contribution in [0, 0.1) is 6.92 Å². The van der Waals surface area contributed by atoms with Crippen molar-refractivity contribution in [3.63, 3.8) is 0 Å². The zero-order chi connectivity index (χ0) is 10.7. The predicted molar refractivity (Wildman–Crippen MR) is 60.0 cm³/mol. The van der Waals surface area contributed by atoms with Gasteiger partial charge in [-0.25, -0.2) is 9.37 Å². The Hall–Kier alpha value is -0.870. The first-order valence-electron chi connectivity index (χ1n) is 4.53. The summed E-state index contributed by atoms with van der Waals surface area (Å²) in [6, 6.07) is 1.79. The minimum atomic E-state index is -1.35. The molecule has 1 aromatic heterocycles. The second kappa shape index (κ2) is 5.88. The molecule has 2 N–H and O–H groups in total.